The van der Waals surface area contributed by atoms with Gasteiger partial charge in [0, 0.05) is 23.3 Å². The molecular formula is C14H14BrFN2O2. The number of benzene rings is 1. The molecule has 2 aromatic rings. The van der Waals surface area contributed by atoms with Gasteiger partial charge >= 0.3 is 5.69 Å². The fourth-order valence-corrected chi connectivity index (χ4v) is 2.41. The van der Waals surface area contributed by atoms with E-state index >= 15 is 0 Å². The van der Waals surface area contributed by atoms with Gasteiger partial charge in [-0.1, -0.05) is 28.9 Å². The van der Waals surface area contributed by atoms with Gasteiger partial charge in [-0.05, 0) is 24.1 Å². The molecule has 1 aromatic heterocycles. The highest BCUT2D eigenvalue weighted by molar-refractivity contribution is 9.10. The maximum absolute atomic E-state index is 13.0. The molecule has 0 saturated heterocycles. The van der Waals surface area contributed by atoms with E-state index in [0.29, 0.717) is 16.6 Å². The third-order valence-electron chi connectivity index (χ3n) is 2.95. The summed E-state index contributed by atoms with van der Waals surface area (Å²) in [5.74, 6) is -0.371. The lowest BCUT2D eigenvalue weighted by Gasteiger charge is -2.10. The second-order valence-corrected chi connectivity index (χ2v) is 5.31. The summed E-state index contributed by atoms with van der Waals surface area (Å²) in [7, 11) is 0. The van der Waals surface area contributed by atoms with Crippen molar-refractivity contribution in [2.45, 2.75) is 26.4 Å². The molecule has 4 nitrogen and oxygen atoms in total. The minimum absolute atomic E-state index is 0.114. The van der Waals surface area contributed by atoms with E-state index in [-0.39, 0.29) is 23.6 Å². The Balaban J connectivity index is 2.45. The van der Waals surface area contributed by atoms with E-state index in [0.717, 1.165) is 11.0 Å². The quantitative estimate of drug-likeness (QED) is 0.857. The van der Waals surface area contributed by atoms with E-state index in [9.17, 15) is 14.0 Å². The zero-order chi connectivity index (χ0) is 14.7. The second-order valence-electron chi connectivity index (χ2n) is 4.45. The lowest BCUT2D eigenvalue weighted by Crippen LogP contribution is -2.39. The minimum Gasteiger partial charge on any atom is -0.300 e. The maximum atomic E-state index is 13.0. The minimum atomic E-state index is -0.371. The Labute approximate surface area is 123 Å². The van der Waals surface area contributed by atoms with Crippen molar-refractivity contribution >= 4 is 15.9 Å². The van der Waals surface area contributed by atoms with Crippen molar-refractivity contribution in [3.63, 3.8) is 0 Å². The third kappa shape index (κ3) is 3.07. The molecule has 20 heavy (non-hydrogen) atoms. The molecule has 1 heterocycles. The highest BCUT2D eigenvalue weighted by atomic mass is 79.9. The molecular weight excluding hydrogens is 327 g/mol. The molecule has 0 aliphatic carbocycles. The largest absolute Gasteiger partial charge is 0.331 e. The molecule has 0 unspecified atom stereocenters. The SMILES string of the molecule is CCCn1ccc(=O)n(Cc2ccc(F)cc2Br)c1=O. The monoisotopic (exact) mass is 340 g/mol. The highest BCUT2D eigenvalue weighted by Gasteiger charge is 2.08. The molecule has 0 aliphatic heterocycles. The smallest absolute Gasteiger partial charge is 0.300 e. The second kappa shape index (κ2) is 6.17. The molecule has 0 saturated carbocycles. The molecule has 1 aromatic carbocycles. The Morgan fingerprint density at radius 3 is 2.65 bits per heavy atom. The first-order valence-electron chi connectivity index (χ1n) is 6.27. The fraction of sp³-hybridized carbons (Fsp3) is 0.286. The fourth-order valence-electron chi connectivity index (χ4n) is 1.93. The van der Waals surface area contributed by atoms with E-state index in [1.165, 1.54) is 29.0 Å². The van der Waals surface area contributed by atoms with E-state index in [4.69, 9.17) is 0 Å². The summed E-state index contributed by atoms with van der Waals surface area (Å²) in [4.78, 5) is 24.0. The summed E-state index contributed by atoms with van der Waals surface area (Å²) in [6.45, 7) is 2.63. The van der Waals surface area contributed by atoms with Crippen LogP contribution in [0.25, 0.3) is 0 Å². The van der Waals surface area contributed by atoms with Crippen molar-refractivity contribution in [1.82, 2.24) is 9.13 Å². The van der Waals surface area contributed by atoms with Gasteiger partial charge in [-0.3, -0.25) is 9.36 Å². The molecule has 0 amide bonds. The van der Waals surface area contributed by atoms with Crippen molar-refractivity contribution in [3.05, 3.63) is 67.2 Å². The number of halogens is 2. The average Bonchev–Trinajstić information content (AvgIpc) is 2.40. The van der Waals surface area contributed by atoms with Crippen LogP contribution in [-0.2, 0) is 13.1 Å². The average molecular weight is 341 g/mol. The van der Waals surface area contributed by atoms with Crippen molar-refractivity contribution in [3.8, 4) is 0 Å². The molecule has 6 heteroatoms. The van der Waals surface area contributed by atoms with Gasteiger partial charge in [-0.2, -0.15) is 0 Å². The summed E-state index contributed by atoms with van der Waals surface area (Å²) in [5, 5.41) is 0. The van der Waals surface area contributed by atoms with Crippen LogP contribution < -0.4 is 11.2 Å². The Kier molecular flexibility index (Phi) is 4.54. The van der Waals surface area contributed by atoms with Crippen LogP contribution in [0.4, 0.5) is 4.39 Å². The molecule has 0 atom stereocenters. The number of hydrogen-bond donors (Lipinski definition) is 0. The van der Waals surface area contributed by atoms with Crippen LogP contribution in [0.15, 0.2) is 44.5 Å². The number of aryl methyl sites for hydroxylation is 1. The van der Waals surface area contributed by atoms with Crippen LogP contribution in [0.3, 0.4) is 0 Å². The Hall–Kier alpha value is -1.69. The zero-order valence-corrected chi connectivity index (χ0v) is 12.6. The van der Waals surface area contributed by atoms with Crippen LogP contribution in [0.5, 0.6) is 0 Å². The van der Waals surface area contributed by atoms with Crippen LogP contribution in [0, 0.1) is 5.82 Å². The first-order chi connectivity index (χ1) is 9.52. The topological polar surface area (TPSA) is 44.0 Å². The lowest BCUT2D eigenvalue weighted by atomic mass is 10.2. The molecule has 0 aliphatic rings. The Bertz CT molecular complexity index is 737. The summed E-state index contributed by atoms with van der Waals surface area (Å²) in [5.41, 5.74) is -0.0333. The lowest BCUT2D eigenvalue weighted by molar-refractivity contribution is 0.569. The molecule has 0 spiro atoms. The van der Waals surface area contributed by atoms with Crippen LogP contribution in [0.2, 0.25) is 0 Å². The summed E-state index contributed by atoms with van der Waals surface area (Å²) in [6.07, 6.45) is 2.31. The van der Waals surface area contributed by atoms with E-state index in [1.807, 2.05) is 6.92 Å². The molecule has 0 bridgehead atoms. The predicted molar refractivity (Wildman–Crippen MR) is 78.5 cm³/mol. The summed E-state index contributed by atoms with van der Waals surface area (Å²) >= 11 is 3.24. The van der Waals surface area contributed by atoms with Gasteiger partial charge in [-0.15, -0.1) is 0 Å². The zero-order valence-electron chi connectivity index (χ0n) is 11.0. The molecule has 0 fully saturated rings. The molecule has 106 valence electrons. The first kappa shape index (κ1) is 14.7. The highest BCUT2D eigenvalue weighted by Crippen LogP contribution is 2.18. The standard InChI is InChI=1S/C14H14BrFN2O2/c1-2-6-17-7-5-13(19)18(14(17)20)9-10-3-4-11(16)8-12(10)15/h3-5,7-8H,2,6,9H2,1H3. The van der Waals surface area contributed by atoms with Crippen molar-refractivity contribution in [2.75, 3.05) is 0 Å². The first-order valence-corrected chi connectivity index (χ1v) is 7.06. The van der Waals surface area contributed by atoms with Gasteiger partial charge in [0.15, 0.2) is 0 Å². The number of nitrogens with zero attached hydrogens (tertiary/aromatic N) is 2. The van der Waals surface area contributed by atoms with Crippen LogP contribution >= 0.6 is 15.9 Å². The summed E-state index contributed by atoms with van der Waals surface area (Å²) < 4.78 is 16.2. The number of hydrogen-bond acceptors (Lipinski definition) is 2. The van der Waals surface area contributed by atoms with E-state index in [1.54, 1.807) is 6.07 Å². The molecule has 0 radical (unpaired) electrons. The van der Waals surface area contributed by atoms with Gasteiger partial charge in [0.05, 0.1) is 6.54 Å². The molecule has 2 rings (SSSR count). The van der Waals surface area contributed by atoms with Gasteiger partial charge in [0.25, 0.3) is 5.56 Å². The normalized spacial score (nSPS) is 10.8. The van der Waals surface area contributed by atoms with Gasteiger partial charge in [0.1, 0.15) is 5.82 Å². The van der Waals surface area contributed by atoms with Crippen LogP contribution in [0.1, 0.15) is 18.9 Å². The van der Waals surface area contributed by atoms with Gasteiger partial charge in [0.2, 0.25) is 0 Å². The van der Waals surface area contributed by atoms with Crippen molar-refractivity contribution in [2.24, 2.45) is 0 Å². The third-order valence-corrected chi connectivity index (χ3v) is 3.69. The predicted octanol–water partition coefficient (Wildman–Crippen LogP) is 2.37. The van der Waals surface area contributed by atoms with Gasteiger partial charge in [-0.25, -0.2) is 9.18 Å². The Morgan fingerprint density at radius 2 is 2.00 bits per heavy atom. The number of rotatable bonds is 4. The van der Waals surface area contributed by atoms with E-state index < -0.39 is 0 Å². The van der Waals surface area contributed by atoms with E-state index in [2.05, 4.69) is 15.9 Å². The van der Waals surface area contributed by atoms with Crippen molar-refractivity contribution in [1.29, 1.82) is 0 Å². The maximum Gasteiger partial charge on any atom is 0.331 e. The van der Waals surface area contributed by atoms with Crippen LogP contribution in [-0.4, -0.2) is 9.13 Å². The van der Waals surface area contributed by atoms with Crippen molar-refractivity contribution < 1.29 is 4.39 Å². The summed E-state index contributed by atoms with van der Waals surface area (Å²) in [6, 6.07) is 5.55. The Morgan fingerprint density at radius 1 is 1.25 bits per heavy atom. The molecule has 0 N–H and O–H groups in total. The number of aromatic nitrogens is 2. The van der Waals surface area contributed by atoms with Gasteiger partial charge < -0.3 is 4.57 Å².